The summed E-state index contributed by atoms with van der Waals surface area (Å²) in [6.07, 6.45) is 0. The number of benzene rings is 1. The maximum absolute atomic E-state index is 4.86. The standard InChI is InChI=1S/C10H13NOS/c1-12-11-6-8-7-13-10-5-3-2-4-9(8)10/h2-5,8,11H,6-7H2,1H3/t8-/m0/s1. The van der Waals surface area contributed by atoms with Gasteiger partial charge in [0.2, 0.25) is 0 Å². The molecule has 3 heteroatoms. The number of rotatable bonds is 3. The predicted molar refractivity (Wildman–Crippen MR) is 54.9 cm³/mol. The highest BCUT2D eigenvalue weighted by Gasteiger charge is 2.21. The third-order valence-electron chi connectivity index (χ3n) is 2.27. The van der Waals surface area contributed by atoms with Crippen molar-refractivity contribution in [2.75, 3.05) is 19.4 Å². The van der Waals surface area contributed by atoms with Crippen LogP contribution in [0.5, 0.6) is 0 Å². The van der Waals surface area contributed by atoms with Gasteiger partial charge in [0, 0.05) is 23.1 Å². The van der Waals surface area contributed by atoms with Crippen molar-refractivity contribution in [1.29, 1.82) is 0 Å². The smallest absolute Gasteiger partial charge is 0.0572 e. The molecular formula is C10H13NOS. The lowest BCUT2D eigenvalue weighted by atomic mass is 10.0. The second-order valence-electron chi connectivity index (χ2n) is 3.10. The van der Waals surface area contributed by atoms with Crippen LogP contribution in [0, 0.1) is 0 Å². The van der Waals surface area contributed by atoms with Crippen molar-refractivity contribution in [3.63, 3.8) is 0 Å². The number of fused-ring (bicyclic) bond motifs is 1. The quantitative estimate of drug-likeness (QED) is 0.746. The molecule has 1 atom stereocenters. The Morgan fingerprint density at radius 3 is 3.23 bits per heavy atom. The van der Waals surface area contributed by atoms with Crippen LogP contribution < -0.4 is 5.48 Å². The first-order chi connectivity index (χ1) is 6.42. The van der Waals surface area contributed by atoms with Crippen LogP contribution in [0.2, 0.25) is 0 Å². The van der Waals surface area contributed by atoms with E-state index in [2.05, 4.69) is 29.7 Å². The van der Waals surface area contributed by atoms with Gasteiger partial charge in [-0.3, -0.25) is 0 Å². The molecule has 0 amide bonds. The van der Waals surface area contributed by atoms with Crippen molar-refractivity contribution in [3.8, 4) is 0 Å². The summed E-state index contributed by atoms with van der Waals surface area (Å²) >= 11 is 1.93. The monoisotopic (exact) mass is 195 g/mol. The maximum atomic E-state index is 4.86. The largest absolute Gasteiger partial charge is 0.305 e. The lowest BCUT2D eigenvalue weighted by molar-refractivity contribution is 0.0886. The molecule has 0 saturated heterocycles. The predicted octanol–water partition coefficient (Wildman–Crippen LogP) is 2.03. The van der Waals surface area contributed by atoms with E-state index in [0.29, 0.717) is 5.92 Å². The third-order valence-corrected chi connectivity index (χ3v) is 3.52. The van der Waals surface area contributed by atoms with Crippen LogP contribution in [-0.2, 0) is 4.84 Å². The van der Waals surface area contributed by atoms with Crippen LogP contribution in [0.4, 0.5) is 0 Å². The fourth-order valence-corrected chi connectivity index (χ4v) is 2.84. The highest BCUT2D eigenvalue weighted by molar-refractivity contribution is 7.99. The third kappa shape index (κ3) is 1.88. The summed E-state index contributed by atoms with van der Waals surface area (Å²) in [5.41, 5.74) is 4.37. The van der Waals surface area contributed by atoms with Gasteiger partial charge in [-0.05, 0) is 11.6 Å². The first-order valence-corrected chi connectivity index (χ1v) is 5.38. The lowest BCUT2D eigenvalue weighted by Crippen LogP contribution is -2.20. The van der Waals surface area contributed by atoms with Gasteiger partial charge in [0.05, 0.1) is 7.11 Å². The van der Waals surface area contributed by atoms with Crippen LogP contribution in [0.15, 0.2) is 29.2 Å². The zero-order valence-electron chi connectivity index (χ0n) is 7.62. The molecule has 1 aromatic carbocycles. The van der Waals surface area contributed by atoms with Crippen LogP contribution in [0.3, 0.4) is 0 Å². The van der Waals surface area contributed by atoms with E-state index < -0.39 is 0 Å². The molecule has 0 unspecified atom stereocenters. The highest BCUT2D eigenvalue weighted by Crippen LogP contribution is 2.38. The summed E-state index contributed by atoms with van der Waals surface area (Å²) < 4.78 is 0. The summed E-state index contributed by atoms with van der Waals surface area (Å²) in [5, 5.41) is 0. The zero-order valence-corrected chi connectivity index (χ0v) is 8.43. The molecule has 0 fully saturated rings. The summed E-state index contributed by atoms with van der Waals surface area (Å²) in [7, 11) is 1.66. The Kier molecular flexibility index (Phi) is 2.88. The minimum atomic E-state index is 0.598. The summed E-state index contributed by atoms with van der Waals surface area (Å²) in [5.74, 6) is 1.76. The Hall–Kier alpha value is -0.510. The fraction of sp³-hybridized carbons (Fsp3) is 0.400. The Morgan fingerprint density at radius 2 is 2.38 bits per heavy atom. The van der Waals surface area contributed by atoms with Gasteiger partial charge in [0.25, 0.3) is 0 Å². The minimum absolute atomic E-state index is 0.598. The van der Waals surface area contributed by atoms with E-state index >= 15 is 0 Å². The first kappa shape index (κ1) is 9.06. The SMILES string of the molecule is CONC[C@H]1CSc2ccccc21. The molecule has 1 aliphatic rings. The molecule has 0 aromatic heterocycles. The van der Waals surface area contributed by atoms with Crippen LogP contribution in [0.25, 0.3) is 0 Å². The van der Waals surface area contributed by atoms with Crippen molar-refractivity contribution < 1.29 is 4.84 Å². The van der Waals surface area contributed by atoms with Gasteiger partial charge >= 0.3 is 0 Å². The first-order valence-electron chi connectivity index (χ1n) is 4.39. The van der Waals surface area contributed by atoms with Gasteiger partial charge in [-0.15, -0.1) is 11.8 Å². The Morgan fingerprint density at radius 1 is 1.54 bits per heavy atom. The second kappa shape index (κ2) is 4.13. The van der Waals surface area contributed by atoms with Gasteiger partial charge < -0.3 is 4.84 Å². The lowest BCUT2D eigenvalue weighted by Gasteiger charge is -2.09. The van der Waals surface area contributed by atoms with Gasteiger partial charge in [-0.2, -0.15) is 0 Å². The molecule has 1 aromatic rings. The van der Waals surface area contributed by atoms with Crippen molar-refractivity contribution in [3.05, 3.63) is 29.8 Å². The molecule has 0 spiro atoms. The average molecular weight is 195 g/mol. The number of thioether (sulfide) groups is 1. The van der Waals surface area contributed by atoms with Crippen LogP contribution in [-0.4, -0.2) is 19.4 Å². The van der Waals surface area contributed by atoms with E-state index in [1.54, 1.807) is 7.11 Å². The van der Waals surface area contributed by atoms with Gasteiger partial charge in [0.1, 0.15) is 0 Å². The Balaban J connectivity index is 2.09. The highest BCUT2D eigenvalue weighted by atomic mass is 32.2. The van der Waals surface area contributed by atoms with Crippen molar-refractivity contribution in [1.82, 2.24) is 5.48 Å². The molecule has 70 valence electrons. The maximum Gasteiger partial charge on any atom is 0.0572 e. The minimum Gasteiger partial charge on any atom is -0.305 e. The van der Waals surface area contributed by atoms with E-state index in [4.69, 9.17) is 4.84 Å². The summed E-state index contributed by atoms with van der Waals surface area (Å²) in [6, 6.07) is 8.59. The molecule has 2 nitrogen and oxygen atoms in total. The second-order valence-corrected chi connectivity index (χ2v) is 4.16. The zero-order chi connectivity index (χ0) is 9.10. The molecule has 0 radical (unpaired) electrons. The van der Waals surface area contributed by atoms with E-state index in [9.17, 15) is 0 Å². The number of hydroxylamine groups is 1. The van der Waals surface area contributed by atoms with E-state index in [0.717, 1.165) is 12.3 Å². The Bertz CT molecular complexity index is 290. The van der Waals surface area contributed by atoms with E-state index in [-0.39, 0.29) is 0 Å². The topological polar surface area (TPSA) is 21.3 Å². The Labute approximate surface area is 82.6 Å². The van der Waals surface area contributed by atoms with Crippen LogP contribution in [0.1, 0.15) is 11.5 Å². The average Bonchev–Trinajstić information content (AvgIpc) is 2.58. The molecule has 1 heterocycles. The molecule has 13 heavy (non-hydrogen) atoms. The molecule has 0 saturated carbocycles. The molecule has 0 aliphatic carbocycles. The molecule has 2 rings (SSSR count). The summed E-state index contributed by atoms with van der Waals surface area (Å²) in [4.78, 5) is 6.28. The van der Waals surface area contributed by atoms with E-state index in [1.807, 2.05) is 11.8 Å². The number of nitrogens with one attached hydrogen (secondary N) is 1. The van der Waals surface area contributed by atoms with E-state index in [1.165, 1.54) is 10.5 Å². The van der Waals surface area contributed by atoms with Crippen molar-refractivity contribution >= 4 is 11.8 Å². The normalized spacial score (nSPS) is 20.2. The van der Waals surface area contributed by atoms with Crippen molar-refractivity contribution in [2.45, 2.75) is 10.8 Å². The fourth-order valence-electron chi connectivity index (χ4n) is 1.58. The number of hydrogen-bond acceptors (Lipinski definition) is 3. The molecular weight excluding hydrogens is 182 g/mol. The molecule has 1 N–H and O–H groups in total. The van der Waals surface area contributed by atoms with Crippen molar-refractivity contribution in [2.24, 2.45) is 0 Å². The van der Waals surface area contributed by atoms with Gasteiger partial charge in [0.15, 0.2) is 0 Å². The van der Waals surface area contributed by atoms with Crippen LogP contribution >= 0.6 is 11.8 Å². The molecule has 0 bridgehead atoms. The van der Waals surface area contributed by atoms with Gasteiger partial charge in [-0.1, -0.05) is 18.2 Å². The van der Waals surface area contributed by atoms with Gasteiger partial charge in [-0.25, -0.2) is 5.48 Å². The molecule has 1 aliphatic heterocycles. The number of hydrogen-bond donors (Lipinski definition) is 1. The summed E-state index contributed by atoms with van der Waals surface area (Å²) in [6.45, 7) is 0.903.